The van der Waals surface area contributed by atoms with Crippen molar-refractivity contribution in [3.05, 3.63) is 54.4 Å². The third kappa shape index (κ3) is 4.79. The van der Waals surface area contributed by atoms with Gasteiger partial charge in [0.1, 0.15) is 5.82 Å². The van der Waals surface area contributed by atoms with Crippen LogP contribution in [0.3, 0.4) is 0 Å². The quantitative estimate of drug-likeness (QED) is 0.446. The number of anilines is 1. The molecule has 0 radical (unpaired) electrons. The average molecular weight is 440 g/mol. The number of sulfonamides is 1. The predicted octanol–water partition coefficient (Wildman–Crippen LogP) is 6.32. The molecule has 31 heavy (non-hydrogen) atoms. The number of nitrogens with one attached hydrogen (secondary N) is 1. The van der Waals surface area contributed by atoms with E-state index in [1.54, 1.807) is 24.3 Å². The van der Waals surface area contributed by atoms with E-state index in [1.807, 2.05) is 24.3 Å². The summed E-state index contributed by atoms with van der Waals surface area (Å²) in [5, 5.41) is 0. The number of hydrogen-bond acceptors (Lipinski definition) is 3. The summed E-state index contributed by atoms with van der Waals surface area (Å²) in [6.45, 7) is 5.45. The van der Waals surface area contributed by atoms with E-state index in [-0.39, 0.29) is 4.90 Å². The second-order valence-corrected chi connectivity index (χ2v) is 10.4. The molecule has 0 amide bonds. The molecule has 0 spiro atoms. The number of imidazole rings is 1. The lowest BCUT2D eigenvalue weighted by atomic mass is 9.89. The molecule has 0 bridgehead atoms. The van der Waals surface area contributed by atoms with Crippen molar-refractivity contribution in [1.82, 2.24) is 9.55 Å². The molecule has 1 aromatic heterocycles. The van der Waals surface area contributed by atoms with Gasteiger partial charge in [-0.1, -0.05) is 51.3 Å². The Balaban J connectivity index is 1.69. The maximum Gasteiger partial charge on any atom is 0.261 e. The molecule has 1 N–H and O–H groups in total. The summed E-state index contributed by atoms with van der Waals surface area (Å²) in [6, 6.07) is 14.2. The van der Waals surface area contributed by atoms with Gasteiger partial charge in [-0.3, -0.25) is 4.72 Å². The maximum absolute atomic E-state index is 12.7. The van der Waals surface area contributed by atoms with Crippen molar-refractivity contribution in [3.8, 4) is 0 Å². The molecule has 6 heteroatoms. The summed E-state index contributed by atoms with van der Waals surface area (Å²) in [6.07, 6.45) is 8.68. The smallest absolute Gasteiger partial charge is 0.261 e. The van der Waals surface area contributed by atoms with E-state index in [2.05, 4.69) is 23.1 Å². The highest BCUT2D eigenvalue weighted by Gasteiger charge is 2.22. The van der Waals surface area contributed by atoms with Crippen LogP contribution in [0.5, 0.6) is 0 Å². The summed E-state index contributed by atoms with van der Waals surface area (Å²) in [5.41, 5.74) is 2.52. The van der Waals surface area contributed by atoms with Gasteiger partial charge in [-0.15, -0.1) is 0 Å². The summed E-state index contributed by atoms with van der Waals surface area (Å²) < 4.78 is 30.6. The first-order valence-corrected chi connectivity index (χ1v) is 13.1. The zero-order valence-electron chi connectivity index (χ0n) is 18.5. The Morgan fingerprint density at radius 3 is 2.42 bits per heavy atom. The minimum atomic E-state index is -3.62. The van der Waals surface area contributed by atoms with Crippen molar-refractivity contribution in [2.24, 2.45) is 5.92 Å². The van der Waals surface area contributed by atoms with Crippen molar-refractivity contribution >= 4 is 26.7 Å². The van der Waals surface area contributed by atoms with E-state index >= 15 is 0 Å². The summed E-state index contributed by atoms with van der Waals surface area (Å²) in [7, 11) is -3.62. The van der Waals surface area contributed by atoms with Crippen LogP contribution in [0.2, 0.25) is 0 Å². The molecule has 0 aliphatic heterocycles. The number of fused-ring (bicyclic) bond motifs is 1. The zero-order valence-corrected chi connectivity index (χ0v) is 19.4. The van der Waals surface area contributed by atoms with Crippen molar-refractivity contribution < 1.29 is 8.42 Å². The largest absolute Gasteiger partial charge is 0.327 e. The molecule has 0 unspecified atom stereocenters. The van der Waals surface area contributed by atoms with Crippen LogP contribution < -0.4 is 4.72 Å². The molecule has 166 valence electrons. The summed E-state index contributed by atoms with van der Waals surface area (Å²) >= 11 is 0. The van der Waals surface area contributed by atoms with Gasteiger partial charge >= 0.3 is 0 Å². The number of nitrogens with zero attached hydrogens (tertiary/aromatic N) is 2. The lowest BCUT2D eigenvalue weighted by Crippen LogP contribution is -2.17. The molecule has 2 aromatic carbocycles. The van der Waals surface area contributed by atoms with Gasteiger partial charge in [-0.25, -0.2) is 13.4 Å². The van der Waals surface area contributed by atoms with Gasteiger partial charge in [0.25, 0.3) is 10.0 Å². The van der Waals surface area contributed by atoms with Crippen molar-refractivity contribution in [2.45, 2.75) is 76.2 Å². The van der Waals surface area contributed by atoms with Gasteiger partial charge in [0, 0.05) is 12.5 Å². The monoisotopic (exact) mass is 439 g/mol. The number of hydrogen-bond donors (Lipinski definition) is 1. The Hall–Kier alpha value is -2.34. The molecule has 5 nitrogen and oxygen atoms in total. The van der Waals surface area contributed by atoms with E-state index in [0.717, 1.165) is 36.2 Å². The van der Waals surface area contributed by atoms with Crippen molar-refractivity contribution in [2.75, 3.05) is 4.72 Å². The molecule has 0 saturated heterocycles. The second kappa shape index (κ2) is 9.43. The first kappa shape index (κ1) is 21.9. The maximum atomic E-state index is 12.7. The normalized spacial score (nSPS) is 15.6. The molecular weight excluding hydrogens is 406 g/mol. The van der Waals surface area contributed by atoms with E-state index in [1.165, 1.54) is 32.1 Å². The van der Waals surface area contributed by atoms with Crippen LogP contribution in [0, 0.1) is 5.92 Å². The van der Waals surface area contributed by atoms with E-state index in [0.29, 0.717) is 17.5 Å². The molecule has 1 heterocycles. The third-order valence-corrected chi connectivity index (χ3v) is 8.00. The number of rotatable bonds is 8. The Kier molecular flexibility index (Phi) is 6.65. The minimum absolute atomic E-state index is 0.260. The minimum Gasteiger partial charge on any atom is -0.327 e. The van der Waals surface area contributed by atoms with Crippen LogP contribution >= 0.6 is 0 Å². The molecule has 1 saturated carbocycles. The first-order chi connectivity index (χ1) is 15.0. The van der Waals surface area contributed by atoms with Crippen LogP contribution in [0.1, 0.15) is 70.5 Å². The molecule has 4 rings (SSSR count). The van der Waals surface area contributed by atoms with Crippen LogP contribution in [0.4, 0.5) is 5.69 Å². The van der Waals surface area contributed by atoms with Crippen LogP contribution in [-0.2, 0) is 16.6 Å². The molecule has 3 aromatic rings. The van der Waals surface area contributed by atoms with Gasteiger partial charge in [-0.2, -0.15) is 0 Å². The van der Waals surface area contributed by atoms with Gasteiger partial charge in [0.15, 0.2) is 0 Å². The highest BCUT2D eigenvalue weighted by molar-refractivity contribution is 7.92. The summed E-state index contributed by atoms with van der Waals surface area (Å²) in [4.78, 5) is 5.27. The average Bonchev–Trinajstić information content (AvgIpc) is 3.13. The van der Waals surface area contributed by atoms with Gasteiger partial charge in [0.05, 0.1) is 21.6 Å². The van der Waals surface area contributed by atoms with Gasteiger partial charge < -0.3 is 4.57 Å². The second-order valence-electron chi connectivity index (χ2n) is 8.72. The highest BCUT2D eigenvalue weighted by Crippen LogP contribution is 2.32. The lowest BCUT2D eigenvalue weighted by Gasteiger charge is -2.24. The Labute approximate surface area is 185 Å². The fourth-order valence-corrected chi connectivity index (χ4v) is 5.88. The molecule has 1 aliphatic carbocycles. The van der Waals surface area contributed by atoms with E-state index < -0.39 is 10.0 Å². The molecule has 0 atom stereocenters. The Morgan fingerprint density at radius 2 is 1.74 bits per heavy atom. The summed E-state index contributed by atoms with van der Waals surface area (Å²) in [5.74, 6) is 2.27. The predicted molar refractivity (Wildman–Crippen MR) is 127 cm³/mol. The SMILES string of the molecule is CCC(CC)c1nc2cc(NS(=O)(=O)c3ccccc3)ccc2n1CC1CCCCC1. The Bertz CT molecular complexity index is 1110. The van der Waals surface area contributed by atoms with Crippen molar-refractivity contribution in [1.29, 1.82) is 0 Å². The first-order valence-electron chi connectivity index (χ1n) is 11.6. The van der Waals surface area contributed by atoms with E-state index in [4.69, 9.17) is 4.98 Å². The lowest BCUT2D eigenvalue weighted by molar-refractivity contribution is 0.316. The topological polar surface area (TPSA) is 64.0 Å². The van der Waals surface area contributed by atoms with Gasteiger partial charge in [0.2, 0.25) is 0 Å². The van der Waals surface area contributed by atoms with Crippen LogP contribution in [-0.4, -0.2) is 18.0 Å². The highest BCUT2D eigenvalue weighted by atomic mass is 32.2. The third-order valence-electron chi connectivity index (χ3n) is 6.60. The molecular formula is C25H33N3O2S. The van der Waals surface area contributed by atoms with Gasteiger partial charge in [-0.05, 0) is 61.9 Å². The molecule has 1 aliphatic rings. The standard InChI is InChI=1S/C25H33N3O2S/c1-3-20(4-2)25-26-23-17-21(27-31(29,30)22-13-9-6-10-14-22)15-16-24(23)28(25)18-19-11-7-5-8-12-19/h6,9-10,13-17,19-20,27H,3-5,7-8,11-12,18H2,1-2H3. The fourth-order valence-electron chi connectivity index (χ4n) is 4.81. The van der Waals surface area contributed by atoms with E-state index in [9.17, 15) is 8.42 Å². The number of aromatic nitrogens is 2. The van der Waals surface area contributed by atoms with Crippen LogP contribution in [0.15, 0.2) is 53.4 Å². The Morgan fingerprint density at radius 1 is 1.03 bits per heavy atom. The fraction of sp³-hybridized carbons (Fsp3) is 0.480. The zero-order chi connectivity index (χ0) is 21.8. The number of benzene rings is 2. The molecule has 1 fully saturated rings. The van der Waals surface area contributed by atoms with Crippen LogP contribution in [0.25, 0.3) is 11.0 Å². The van der Waals surface area contributed by atoms with Crippen molar-refractivity contribution in [3.63, 3.8) is 0 Å².